The van der Waals surface area contributed by atoms with Gasteiger partial charge >= 0.3 is 6.17 Å². The topological polar surface area (TPSA) is 7.76 Å². The van der Waals surface area contributed by atoms with Crippen LogP contribution in [0.3, 0.4) is 0 Å². The van der Waals surface area contributed by atoms with E-state index in [1.807, 2.05) is 6.08 Å². The zero-order valence-electron chi connectivity index (χ0n) is 29.5. The van der Waals surface area contributed by atoms with Crippen LogP contribution in [0, 0.1) is 0 Å². The van der Waals surface area contributed by atoms with Gasteiger partial charge in [-0.2, -0.15) is 0 Å². The molecule has 2 nitrogen and oxygen atoms in total. The van der Waals surface area contributed by atoms with Gasteiger partial charge in [0.1, 0.15) is 5.56 Å². The second-order valence-electron chi connectivity index (χ2n) is 15.5. The van der Waals surface area contributed by atoms with E-state index in [0.29, 0.717) is 0 Å². The second kappa shape index (κ2) is 11.0. The van der Waals surface area contributed by atoms with Gasteiger partial charge in [-0.25, -0.2) is 0 Å². The lowest BCUT2D eigenvalue weighted by Crippen LogP contribution is -2.57. The third-order valence-corrected chi connectivity index (χ3v) is 11.2. The largest absolute Gasteiger partial charge is 0.381 e. The summed E-state index contributed by atoms with van der Waals surface area (Å²) in [5.74, 6) is 0. The molecule has 0 fully saturated rings. The molecule has 5 aromatic carbocycles. The predicted molar refractivity (Wildman–Crippen MR) is 207 cm³/mol. The smallest absolute Gasteiger partial charge is 0.132 e. The maximum absolute atomic E-state index is 4.34. The first-order valence-corrected chi connectivity index (χ1v) is 17.7. The van der Waals surface area contributed by atoms with Gasteiger partial charge in [0.15, 0.2) is 12.4 Å². The molecule has 1 aliphatic carbocycles. The fraction of sp³-hybridized carbons (Fsp3) is 0.167. The van der Waals surface area contributed by atoms with E-state index in [1.165, 1.54) is 77.8 Å². The maximum atomic E-state index is 4.34. The Bertz CT molecular complexity index is 2510. The number of hydrogen-bond acceptors (Lipinski definition) is 0. The Kier molecular flexibility index (Phi) is 6.67. The molecule has 7 aromatic rings. The van der Waals surface area contributed by atoms with Gasteiger partial charge in [0.05, 0.1) is 11.1 Å². The van der Waals surface area contributed by atoms with E-state index in [-0.39, 0.29) is 17.0 Å². The van der Waals surface area contributed by atoms with Gasteiger partial charge in [-0.05, 0) is 91.0 Å². The minimum absolute atomic E-state index is 0.0366. The van der Waals surface area contributed by atoms with Crippen LogP contribution in [0.4, 0.5) is 0 Å². The quantitative estimate of drug-likeness (QED) is 0.168. The second-order valence-corrected chi connectivity index (χ2v) is 15.5. The van der Waals surface area contributed by atoms with Crippen LogP contribution in [0.5, 0.6) is 0 Å². The van der Waals surface area contributed by atoms with Gasteiger partial charge in [0.2, 0.25) is 11.4 Å². The third-order valence-electron chi connectivity index (χ3n) is 11.2. The van der Waals surface area contributed by atoms with Crippen molar-refractivity contribution in [3.8, 4) is 44.8 Å². The van der Waals surface area contributed by atoms with Crippen molar-refractivity contribution < 1.29 is 9.13 Å². The van der Waals surface area contributed by atoms with Crippen molar-refractivity contribution in [2.75, 3.05) is 0 Å². The van der Waals surface area contributed by atoms with Crippen molar-refractivity contribution in [1.29, 1.82) is 0 Å². The van der Waals surface area contributed by atoms with Crippen LogP contribution in [0.2, 0.25) is 0 Å². The lowest BCUT2D eigenvalue weighted by molar-refractivity contribution is -0.920. The molecular formula is C48H42N2+2. The molecule has 9 rings (SSSR count). The lowest BCUT2D eigenvalue weighted by Gasteiger charge is -2.24. The monoisotopic (exact) mass is 646 g/mol. The van der Waals surface area contributed by atoms with Gasteiger partial charge < -0.3 is 0 Å². The number of hydrogen-bond donors (Lipinski definition) is 0. The normalized spacial score (nSPS) is 15.3. The van der Waals surface area contributed by atoms with Crippen molar-refractivity contribution in [3.63, 3.8) is 0 Å². The van der Waals surface area contributed by atoms with Crippen LogP contribution >= 0.6 is 0 Å². The van der Waals surface area contributed by atoms with E-state index in [1.54, 1.807) is 0 Å². The molecule has 50 heavy (non-hydrogen) atoms. The first kappa shape index (κ1) is 30.5. The summed E-state index contributed by atoms with van der Waals surface area (Å²) in [6.45, 7) is 16.0. The SMILES string of the molecule is C=Cc1cc2c(cc1-c1cccc[n+]1C1c3ccc(-c4ccccc4)cc3-c3cc(C(C)(C)C)cc[n+]31)C(C)(C)c1c-2ccc2ccccc12. The fourth-order valence-corrected chi connectivity index (χ4v) is 8.60. The fourth-order valence-electron chi connectivity index (χ4n) is 8.60. The van der Waals surface area contributed by atoms with E-state index in [0.717, 1.165) is 5.56 Å². The average Bonchev–Trinajstić information content (AvgIpc) is 3.58. The predicted octanol–water partition coefficient (Wildman–Crippen LogP) is 11.1. The van der Waals surface area contributed by atoms with Gasteiger partial charge in [0.25, 0.3) is 0 Å². The molecule has 2 heteroatoms. The zero-order valence-corrected chi connectivity index (χ0v) is 29.5. The standard InChI is InChI=1S/C48H42N2/c1-7-31-27-40-37-22-20-33-17-11-12-18-36(33)45(37)48(5,6)42(40)30-39(31)43-19-13-14-25-49(43)46-38-23-21-34(32-15-9-8-10-16-32)28-41(38)44-29-35(47(2,3)4)24-26-50(44)46/h7-30,46H,1H2,2-6H3/q+2. The van der Waals surface area contributed by atoms with Crippen molar-refractivity contribution in [1.82, 2.24) is 0 Å². The first-order valence-electron chi connectivity index (χ1n) is 17.7. The molecule has 0 amide bonds. The summed E-state index contributed by atoms with van der Waals surface area (Å²) < 4.78 is 4.93. The van der Waals surface area contributed by atoms with E-state index in [9.17, 15) is 0 Å². The molecule has 0 saturated heterocycles. The number of aromatic nitrogens is 2. The molecule has 0 bridgehead atoms. The highest BCUT2D eigenvalue weighted by Crippen LogP contribution is 2.53. The Hall–Kier alpha value is -5.60. The maximum Gasteiger partial charge on any atom is 0.381 e. The molecule has 2 aliphatic rings. The zero-order chi connectivity index (χ0) is 34.4. The molecular weight excluding hydrogens is 605 g/mol. The summed E-state index contributed by atoms with van der Waals surface area (Å²) in [5.41, 5.74) is 16.5. The summed E-state index contributed by atoms with van der Waals surface area (Å²) in [6.07, 6.45) is 6.54. The Morgan fingerprint density at radius 1 is 0.620 bits per heavy atom. The lowest BCUT2D eigenvalue weighted by atomic mass is 9.79. The van der Waals surface area contributed by atoms with Gasteiger partial charge in [-0.15, -0.1) is 9.13 Å². The molecule has 0 spiro atoms. The van der Waals surface area contributed by atoms with Crippen LogP contribution in [0.15, 0.2) is 146 Å². The molecule has 0 saturated carbocycles. The number of rotatable bonds is 4. The van der Waals surface area contributed by atoms with Crippen LogP contribution in [-0.2, 0) is 10.8 Å². The van der Waals surface area contributed by atoms with E-state index < -0.39 is 0 Å². The van der Waals surface area contributed by atoms with Crippen molar-refractivity contribution in [2.24, 2.45) is 0 Å². The Morgan fingerprint density at radius 2 is 1.38 bits per heavy atom. The molecule has 0 radical (unpaired) electrons. The Labute approximate surface area is 295 Å². The third kappa shape index (κ3) is 4.48. The van der Waals surface area contributed by atoms with Crippen molar-refractivity contribution in [2.45, 2.75) is 51.6 Å². The van der Waals surface area contributed by atoms with Gasteiger partial charge in [0, 0.05) is 29.7 Å². The van der Waals surface area contributed by atoms with Gasteiger partial charge in [-0.1, -0.05) is 120 Å². The van der Waals surface area contributed by atoms with Crippen LogP contribution < -0.4 is 9.13 Å². The van der Waals surface area contributed by atoms with E-state index in [4.69, 9.17) is 0 Å². The van der Waals surface area contributed by atoms with Crippen LogP contribution in [-0.4, -0.2) is 0 Å². The number of fused-ring (bicyclic) bond motifs is 8. The molecule has 1 unspecified atom stereocenters. The minimum Gasteiger partial charge on any atom is -0.132 e. The van der Waals surface area contributed by atoms with Crippen molar-refractivity contribution in [3.05, 3.63) is 174 Å². The Morgan fingerprint density at radius 3 is 2.18 bits per heavy atom. The van der Waals surface area contributed by atoms with Crippen molar-refractivity contribution >= 4 is 16.8 Å². The summed E-state index contributed by atoms with van der Waals surface area (Å²) in [7, 11) is 0. The minimum atomic E-state index is -0.155. The number of benzene rings is 5. The van der Waals surface area contributed by atoms with Crippen LogP contribution in [0.25, 0.3) is 61.6 Å². The highest BCUT2D eigenvalue weighted by molar-refractivity contribution is 5.98. The highest BCUT2D eigenvalue weighted by Gasteiger charge is 2.46. The Balaban J connectivity index is 1.25. The molecule has 1 aliphatic heterocycles. The summed E-state index contributed by atoms with van der Waals surface area (Å²) in [6, 6.07) is 47.3. The van der Waals surface area contributed by atoms with E-state index >= 15 is 0 Å². The summed E-state index contributed by atoms with van der Waals surface area (Å²) in [5, 5.41) is 2.63. The average molecular weight is 647 g/mol. The summed E-state index contributed by atoms with van der Waals surface area (Å²) in [4.78, 5) is 0. The molecule has 3 heterocycles. The first-order chi connectivity index (χ1) is 24.1. The molecule has 2 aromatic heterocycles. The highest BCUT2D eigenvalue weighted by atomic mass is 15.2. The molecule has 242 valence electrons. The van der Waals surface area contributed by atoms with Gasteiger partial charge in [-0.3, -0.25) is 0 Å². The van der Waals surface area contributed by atoms with E-state index in [2.05, 4.69) is 190 Å². The summed E-state index contributed by atoms with van der Waals surface area (Å²) >= 11 is 0. The number of pyridine rings is 2. The molecule has 0 N–H and O–H groups in total. The number of nitrogens with zero attached hydrogens (tertiary/aromatic N) is 2. The van der Waals surface area contributed by atoms with Crippen LogP contribution in [0.1, 0.15) is 68.6 Å². The molecule has 1 atom stereocenters.